The molecule has 5 rings (SSSR count). The number of carbonyl (C=O) groups excluding carboxylic acids is 1. The average Bonchev–Trinajstić information content (AvgIpc) is 3.36. The number of nitrogens with one attached hydrogen (secondary N) is 1. The van der Waals surface area contributed by atoms with Crippen LogP contribution in [0, 0.1) is 11.6 Å². The molecule has 184 valence electrons. The van der Waals surface area contributed by atoms with Crippen LogP contribution >= 0.6 is 23.7 Å². The van der Waals surface area contributed by atoms with E-state index in [1.807, 2.05) is 17.5 Å². The first-order valence-electron chi connectivity index (χ1n) is 10.9. The SMILES string of the molecule is CC1=C(c2cnc(NC(=O)c3c(F)cccc3F)cn2)CN(c2nc(-c3cccnc3)cs2)CC1.Cl. The van der Waals surface area contributed by atoms with Gasteiger partial charge in [-0.2, -0.15) is 0 Å². The van der Waals surface area contributed by atoms with Crippen LogP contribution in [0.1, 0.15) is 29.4 Å². The molecule has 0 atom stereocenters. The Balaban J connectivity index is 0.00000304. The number of hydrogen-bond acceptors (Lipinski definition) is 7. The van der Waals surface area contributed by atoms with Crippen LogP contribution < -0.4 is 10.2 Å². The van der Waals surface area contributed by atoms with Gasteiger partial charge in [0.05, 0.1) is 23.8 Å². The van der Waals surface area contributed by atoms with Crippen molar-refractivity contribution in [3.63, 3.8) is 0 Å². The summed E-state index contributed by atoms with van der Waals surface area (Å²) in [5.41, 5.74) is 4.10. The van der Waals surface area contributed by atoms with Gasteiger partial charge in [-0.25, -0.2) is 18.7 Å². The topological polar surface area (TPSA) is 83.9 Å². The van der Waals surface area contributed by atoms with Crippen LogP contribution in [0.25, 0.3) is 16.8 Å². The number of amides is 1. The summed E-state index contributed by atoms with van der Waals surface area (Å²) < 4.78 is 27.7. The lowest BCUT2D eigenvalue weighted by Gasteiger charge is -2.29. The number of benzene rings is 1. The number of pyridine rings is 1. The number of aromatic nitrogens is 4. The highest BCUT2D eigenvalue weighted by Crippen LogP contribution is 2.32. The predicted molar refractivity (Wildman–Crippen MR) is 138 cm³/mol. The predicted octanol–water partition coefficient (Wildman–Crippen LogP) is 5.63. The first kappa shape index (κ1) is 25.3. The number of carbonyl (C=O) groups is 1. The standard InChI is InChI=1S/C25H20F2N6OS.ClH/c1-15-7-9-33(25-31-21(14-35-25)16-4-3-8-28-10-16)13-17(15)20-11-30-22(12-29-20)32-24(34)23-18(26)5-2-6-19(23)27;/h2-6,8,10-12,14H,7,9,13H2,1H3,(H,30,32,34);1H. The minimum atomic E-state index is -0.941. The first-order valence-corrected chi connectivity index (χ1v) is 11.7. The second kappa shape index (κ2) is 10.9. The molecule has 4 heterocycles. The number of hydrogen-bond donors (Lipinski definition) is 1. The molecule has 0 bridgehead atoms. The van der Waals surface area contributed by atoms with E-state index in [2.05, 4.69) is 32.1 Å². The van der Waals surface area contributed by atoms with Crippen molar-refractivity contribution in [2.45, 2.75) is 13.3 Å². The molecule has 11 heteroatoms. The normalized spacial score (nSPS) is 13.4. The van der Waals surface area contributed by atoms with Crippen molar-refractivity contribution in [2.24, 2.45) is 0 Å². The van der Waals surface area contributed by atoms with E-state index in [0.29, 0.717) is 12.2 Å². The van der Waals surface area contributed by atoms with Crippen LogP contribution in [0.4, 0.5) is 19.7 Å². The summed E-state index contributed by atoms with van der Waals surface area (Å²) >= 11 is 1.58. The van der Waals surface area contributed by atoms with Gasteiger partial charge in [-0.1, -0.05) is 11.6 Å². The Kier molecular flexibility index (Phi) is 7.66. The lowest BCUT2D eigenvalue weighted by Crippen LogP contribution is -2.31. The summed E-state index contributed by atoms with van der Waals surface area (Å²) in [6.45, 7) is 3.52. The Bertz CT molecular complexity index is 1390. The van der Waals surface area contributed by atoms with E-state index in [9.17, 15) is 13.6 Å². The molecule has 0 spiro atoms. The van der Waals surface area contributed by atoms with Gasteiger partial charge in [0, 0.05) is 36.4 Å². The van der Waals surface area contributed by atoms with Crippen molar-refractivity contribution >= 4 is 46.2 Å². The molecule has 1 aromatic carbocycles. The van der Waals surface area contributed by atoms with Gasteiger partial charge in [0.25, 0.3) is 5.91 Å². The van der Waals surface area contributed by atoms with E-state index in [0.717, 1.165) is 47.1 Å². The minimum Gasteiger partial charge on any atom is -0.343 e. The van der Waals surface area contributed by atoms with E-state index in [1.54, 1.807) is 29.9 Å². The van der Waals surface area contributed by atoms with Crippen molar-refractivity contribution in [3.8, 4) is 11.3 Å². The maximum Gasteiger partial charge on any atom is 0.262 e. The fourth-order valence-electron chi connectivity index (χ4n) is 3.82. The van der Waals surface area contributed by atoms with E-state index in [4.69, 9.17) is 4.98 Å². The van der Waals surface area contributed by atoms with Gasteiger partial charge in [0.1, 0.15) is 17.2 Å². The molecule has 1 aliphatic heterocycles. The van der Waals surface area contributed by atoms with Crippen LogP contribution in [0.2, 0.25) is 0 Å². The van der Waals surface area contributed by atoms with Gasteiger partial charge in [0.15, 0.2) is 10.9 Å². The Morgan fingerprint density at radius 2 is 1.86 bits per heavy atom. The first-order chi connectivity index (χ1) is 17.0. The molecular weight excluding hydrogens is 506 g/mol. The van der Waals surface area contributed by atoms with E-state index in [1.165, 1.54) is 17.8 Å². The maximum atomic E-state index is 13.9. The summed E-state index contributed by atoms with van der Waals surface area (Å²) in [6, 6.07) is 7.12. The number of halogens is 3. The van der Waals surface area contributed by atoms with Crippen LogP contribution in [0.5, 0.6) is 0 Å². The summed E-state index contributed by atoms with van der Waals surface area (Å²) in [5, 5.41) is 5.34. The molecular formula is C25H21ClF2N6OS. The Morgan fingerprint density at radius 1 is 1.06 bits per heavy atom. The fourth-order valence-corrected chi connectivity index (χ4v) is 4.68. The van der Waals surface area contributed by atoms with E-state index >= 15 is 0 Å². The molecule has 7 nitrogen and oxygen atoms in total. The Hall–Kier alpha value is -3.76. The average molecular weight is 527 g/mol. The molecule has 1 N–H and O–H groups in total. The zero-order valence-electron chi connectivity index (χ0n) is 19.1. The molecule has 0 aliphatic carbocycles. The van der Waals surface area contributed by atoms with Crippen LogP contribution in [-0.4, -0.2) is 38.9 Å². The summed E-state index contributed by atoms with van der Waals surface area (Å²) in [6.07, 6.45) is 7.32. The molecule has 3 aromatic heterocycles. The second-order valence-corrected chi connectivity index (χ2v) is 8.86. The molecule has 0 saturated carbocycles. The van der Waals surface area contributed by atoms with E-state index < -0.39 is 23.1 Å². The van der Waals surface area contributed by atoms with Gasteiger partial charge in [-0.3, -0.25) is 14.8 Å². The van der Waals surface area contributed by atoms with Crippen molar-refractivity contribution in [2.75, 3.05) is 23.3 Å². The lowest BCUT2D eigenvalue weighted by molar-refractivity contribution is 0.101. The Labute approximate surface area is 216 Å². The third kappa shape index (κ3) is 5.24. The van der Waals surface area contributed by atoms with Crippen molar-refractivity contribution < 1.29 is 13.6 Å². The molecule has 4 aromatic rings. The quantitative estimate of drug-likeness (QED) is 0.363. The third-order valence-electron chi connectivity index (χ3n) is 5.73. The monoisotopic (exact) mass is 526 g/mol. The largest absolute Gasteiger partial charge is 0.343 e. The lowest BCUT2D eigenvalue weighted by atomic mass is 9.99. The molecule has 0 fully saturated rings. The van der Waals surface area contributed by atoms with Gasteiger partial charge in [0.2, 0.25) is 0 Å². The third-order valence-corrected chi connectivity index (χ3v) is 6.63. The smallest absolute Gasteiger partial charge is 0.262 e. The molecule has 36 heavy (non-hydrogen) atoms. The van der Waals surface area contributed by atoms with Gasteiger partial charge in [-0.15, -0.1) is 23.7 Å². The summed E-state index contributed by atoms with van der Waals surface area (Å²) in [7, 11) is 0. The molecule has 0 saturated heterocycles. The number of rotatable bonds is 5. The summed E-state index contributed by atoms with van der Waals surface area (Å²) in [5.74, 6) is -2.70. The van der Waals surface area contributed by atoms with Crippen molar-refractivity contribution in [3.05, 3.63) is 89.0 Å². The number of anilines is 2. The van der Waals surface area contributed by atoms with E-state index in [-0.39, 0.29) is 18.2 Å². The Morgan fingerprint density at radius 3 is 2.56 bits per heavy atom. The van der Waals surface area contributed by atoms with Crippen LogP contribution in [0.15, 0.2) is 66.1 Å². The number of thiazole rings is 1. The van der Waals surface area contributed by atoms with Gasteiger partial charge in [-0.05, 0) is 43.2 Å². The molecule has 1 aliphatic rings. The second-order valence-electron chi connectivity index (χ2n) is 8.03. The van der Waals surface area contributed by atoms with Crippen molar-refractivity contribution in [1.82, 2.24) is 19.9 Å². The zero-order valence-corrected chi connectivity index (χ0v) is 20.7. The highest BCUT2D eigenvalue weighted by atomic mass is 35.5. The van der Waals surface area contributed by atoms with Crippen LogP contribution in [0.3, 0.4) is 0 Å². The van der Waals surface area contributed by atoms with Crippen molar-refractivity contribution in [1.29, 1.82) is 0 Å². The number of nitrogens with zero attached hydrogens (tertiary/aromatic N) is 5. The highest BCUT2D eigenvalue weighted by molar-refractivity contribution is 7.14. The van der Waals surface area contributed by atoms with Gasteiger partial charge < -0.3 is 10.2 Å². The fraction of sp³-hybridized carbons (Fsp3) is 0.160. The molecule has 1 amide bonds. The zero-order chi connectivity index (χ0) is 24.4. The maximum absolute atomic E-state index is 13.9. The summed E-state index contributed by atoms with van der Waals surface area (Å²) in [4.78, 5) is 32.2. The van der Waals surface area contributed by atoms with Crippen LogP contribution in [-0.2, 0) is 0 Å². The molecule has 0 unspecified atom stereocenters. The highest BCUT2D eigenvalue weighted by Gasteiger charge is 2.22. The molecule has 0 radical (unpaired) electrons. The van der Waals surface area contributed by atoms with Gasteiger partial charge >= 0.3 is 0 Å². The minimum absolute atomic E-state index is 0.